The molecule has 2 aromatic carbocycles. The number of hydrogen-bond acceptors (Lipinski definition) is 11. The highest BCUT2D eigenvalue weighted by Crippen LogP contribution is 2.41. The molecule has 1 unspecified atom stereocenters. The van der Waals surface area contributed by atoms with Crippen molar-refractivity contribution in [1.29, 1.82) is 0 Å². The van der Waals surface area contributed by atoms with Crippen LogP contribution in [0.15, 0.2) is 64.8 Å². The molecule has 1 N–H and O–H groups in total. The molecule has 0 saturated carbocycles. The number of nitro benzene ring substituents is 1. The van der Waals surface area contributed by atoms with Crippen LogP contribution in [0.25, 0.3) is 0 Å². The Hall–Kier alpha value is -4.91. The first-order chi connectivity index (χ1) is 21.0. The first-order valence-corrected chi connectivity index (χ1v) is 14.1. The van der Waals surface area contributed by atoms with E-state index in [0.717, 1.165) is 12.8 Å². The number of anilines is 1. The van der Waals surface area contributed by atoms with Gasteiger partial charge in [0.15, 0.2) is 0 Å². The number of carbonyl (C=O) groups is 4. The first-order valence-electron chi connectivity index (χ1n) is 14.1. The normalized spacial score (nSPS) is 19.5. The van der Waals surface area contributed by atoms with E-state index in [-0.39, 0.29) is 48.7 Å². The zero-order valence-electron chi connectivity index (χ0n) is 24.6. The fourth-order valence-corrected chi connectivity index (χ4v) is 5.16. The molecule has 1 amide bonds. The molecule has 0 radical (unpaired) electrons. The van der Waals surface area contributed by atoms with E-state index in [1.54, 1.807) is 32.0 Å². The van der Waals surface area contributed by atoms with Crippen LogP contribution in [0.5, 0.6) is 0 Å². The molecule has 2 heterocycles. The maximum atomic E-state index is 13.5. The van der Waals surface area contributed by atoms with E-state index in [2.05, 4.69) is 10.3 Å². The van der Waals surface area contributed by atoms with E-state index >= 15 is 0 Å². The molecule has 1 saturated heterocycles. The van der Waals surface area contributed by atoms with Gasteiger partial charge in [-0.15, -0.1) is 0 Å². The average molecular weight is 608 g/mol. The lowest BCUT2D eigenvalue weighted by atomic mass is 9.75. The molecule has 4 rings (SSSR count). The van der Waals surface area contributed by atoms with Crippen LogP contribution in [0, 0.1) is 16.0 Å². The largest absolute Gasteiger partial charge is 0.462 e. The van der Waals surface area contributed by atoms with Crippen LogP contribution in [0.2, 0.25) is 0 Å². The summed E-state index contributed by atoms with van der Waals surface area (Å²) in [7, 11) is 0. The number of esters is 3. The van der Waals surface area contributed by atoms with E-state index in [1.165, 1.54) is 37.3 Å². The molecule has 3 atom stereocenters. The number of amides is 1. The second-order valence-electron chi connectivity index (χ2n) is 10.4. The van der Waals surface area contributed by atoms with Gasteiger partial charge in [-0.3, -0.25) is 24.7 Å². The lowest BCUT2D eigenvalue weighted by Crippen LogP contribution is -2.37. The average Bonchev–Trinajstić information content (AvgIpc) is 3.51. The molecule has 2 aliphatic rings. The summed E-state index contributed by atoms with van der Waals surface area (Å²) in [6, 6.07) is 11.8. The zero-order valence-corrected chi connectivity index (χ0v) is 24.6. The fraction of sp³-hybridized carbons (Fsp3) is 0.387. The maximum Gasteiger partial charge on any atom is 0.338 e. The van der Waals surface area contributed by atoms with Crippen molar-refractivity contribution in [1.82, 2.24) is 0 Å². The van der Waals surface area contributed by atoms with Gasteiger partial charge in [-0.1, -0.05) is 12.1 Å². The van der Waals surface area contributed by atoms with Crippen molar-refractivity contribution in [2.24, 2.45) is 10.9 Å². The van der Waals surface area contributed by atoms with E-state index in [4.69, 9.17) is 18.9 Å². The monoisotopic (exact) mass is 607 g/mol. The first kappa shape index (κ1) is 32.0. The van der Waals surface area contributed by atoms with Crippen molar-refractivity contribution < 1.29 is 43.0 Å². The van der Waals surface area contributed by atoms with Crippen LogP contribution in [-0.4, -0.2) is 67.0 Å². The maximum absolute atomic E-state index is 13.5. The van der Waals surface area contributed by atoms with Gasteiger partial charge < -0.3 is 24.3 Å². The second-order valence-corrected chi connectivity index (χ2v) is 10.4. The number of nitrogens with one attached hydrogen (secondary N) is 1. The number of rotatable bonds is 11. The summed E-state index contributed by atoms with van der Waals surface area (Å²) >= 11 is 0. The third-order valence-corrected chi connectivity index (χ3v) is 7.17. The van der Waals surface area contributed by atoms with Crippen LogP contribution in [-0.2, 0) is 33.3 Å². The van der Waals surface area contributed by atoms with E-state index in [1.807, 2.05) is 0 Å². The topological polar surface area (TPSA) is 173 Å². The predicted octanol–water partition coefficient (Wildman–Crippen LogP) is 4.12. The Morgan fingerprint density at radius 2 is 1.75 bits per heavy atom. The highest BCUT2D eigenvalue weighted by atomic mass is 16.6. The molecule has 232 valence electrons. The lowest BCUT2D eigenvalue weighted by molar-refractivity contribution is -0.384. The Morgan fingerprint density at radius 1 is 1.02 bits per heavy atom. The number of nitro groups is 1. The summed E-state index contributed by atoms with van der Waals surface area (Å²) in [5, 5.41) is 14.1. The smallest absolute Gasteiger partial charge is 0.338 e. The Labute approximate surface area is 253 Å². The standard InChI is InChI=1S/C31H33N3O10/c1-18-26(30(37)43-15-14-42-29(36)21-9-11-23(12-10-21)33-20(3)35)28(22-6-4-7-24(16-22)34(39)40)27(19(2)32-18)31(38)44-17-25-8-5-13-41-25/h4,6-7,9-12,16,25-26,28H,5,8,13-15,17H2,1-3H3,(H,33,35)/t25-,26?,28-/m1/s1. The Kier molecular flexibility index (Phi) is 10.6. The van der Waals surface area contributed by atoms with Gasteiger partial charge >= 0.3 is 17.9 Å². The van der Waals surface area contributed by atoms with Gasteiger partial charge in [0.05, 0.1) is 22.2 Å². The summed E-state index contributed by atoms with van der Waals surface area (Å²) in [6.07, 6.45) is 1.37. The van der Waals surface area contributed by atoms with Crippen molar-refractivity contribution in [3.8, 4) is 0 Å². The molecule has 0 aliphatic carbocycles. The predicted molar refractivity (Wildman–Crippen MR) is 157 cm³/mol. The van der Waals surface area contributed by atoms with E-state index in [9.17, 15) is 29.3 Å². The van der Waals surface area contributed by atoms with Crippen molar-refractivity contribution in [2.45, 2.75) is 45.6 Å². The van der Waals surface area contributed by atoms with Gasteiger partial charge in [-0.25, -0.2) is 9.59 Å². The Morgan fingerprint density at radius 3 is 2.41 bits per heavy atom. The Balaban J connectivity index is 1.48. The molecule has 0 bridgehead atoms. The lowest BCUT2D eigenvalue weighted by Gasteiger charge is -2.31. The van der Waals surface area contributed by atoms with E-state index < -0.39 is 34.7 Å². The summed E-state index contributed by atoms with van der Waals surface area (Å²) in [6.45, 7) is 4.65. The molecule has 13 heteroatoms. The number of ether oxygens (including phenoxy) is 4. The number of nitrogens with zero attached hydrogens (tertiary/aromatic N) is 2. The minimum atomic E-state index is -1.11. The molecule has 1 fully saturated rings. The molecule has 0 spiro atoms. The van der Waals surface area contributed by atoms with Crippen molar-refractivity contribution in [3.63, 3.8) is 0 Å². The number of hydrogen-bond donors (Lipinski definition) is 1. The number of allylic oxidation sites excluding steroid dienone is 1. The molecular formula is C31H33N3O10. The zero-order chi connectivity index (χ0) is 31.8. The quantitative estimate of drug-likeness (QED) is 0.129. The van der Waals surface area contributed by atoms with Gasteiger partial charge in [0, 0.05) is 48.7 Å². The molecular weight excluding hydrogens is 574 g/mol. The van der Waals surface area contributed by atoms with Gasteiger partial charge in [-0.05, 0) is 56.5 Å². The summed E-state index contributed by atoms with van der Waals surface area (Å²) < 4.78 is 21.8. The van der Waals surface area contributed by atoms with Crippen molar-refractivity contribution in [2.75, 3.05) is 31.7 Å². The van der Waals surface area contributed by atoms with Crippen molar-refractivity contribution in [3.05, 3.63) is 81.0 Å². The number of aliphatic imine (C=N–C) groups is 1. The molecule has 13 nitrogen and oxygen atoms in total. The number of benzene rings is 2. The second kappa shape index (κ2) is 14.5. The van der Waals surface area contributed by atoms with Crippen LogP contribution in [0.3, 0.4) is 0 Å². The van der Waals surface area contributed by atoms with Gasteiger partial charge in [0.1, 0.15) is 25.7 Å². The van der Waals surface area contributed by atoms with Gasteiger partial charge in [-0.2, -0.15) is 0 Å². The minimum absolute atomic E-state index is 0.0242. The molecule has 0 aromatic heterocycles. The van der Waals surface area contributed by atoms with Crippen molar-refractivity contribution >= 4 is 40.9 Å². The van der Waals surface area contributed by atoms with Crippen LogP contribution in [0.1, 0.15) is 55.5 Å². The fourth-order valence-electron chi connectivity index (χ4n) is 5.16. The van der Waals surface area contributed by atoms with Gasteiger partial charge in [0.2, 0.25) is 5.91 Å². The van der Waals surface area contributed by atoms with Crippen LogP contribution < -0.4 is 5.32 Å². The third-order valence-electron chi connectivity index (χ3n) is 7.17. The summed E-state index contributed by atoms with van der Waals surface area (Å²) in [5.74, 6) is -4.46. The highest BCUT2D eigenvalue weighted by molar-refractivity contribution is 6.07. The van der Waals surface area contributed by atoms with Crippen LogP contribution in [0.4, 0.5) is 11.4 Å². The SMILES string of the molecule is CC(=O)Nc1ccc(C(=O)OCCOC(=O)C2C(C)=NC(C)=C(C(=O)OC[C@H]3CCCO3)[C@@H]2c2cccc([N+](=O)[O-])c2)cc1. The molecule has 44 heavy (non-hydrogen) atoms. The number of non-ortho nitro benzene ring substituents is 1. The van der Waals surface area contributed by atoms with E-state index in [0.29, 0.717) is 29.3 Å². The highest BCUT2D eigenvalue weighted by Gasteiger charge is 2.43. The molecule has 2 aromatic rings. The Bertz CT molecular complexity index is 1490. The third kappa shape index (κ3) is 7.92. The summed E-state index contributed by atoms with van der Waals surface area (Å²) in [4.78, 5) is 65.9. The minimum Gasteiger partial charge on any atom is -0.462 e. The molecule has 2 aliphatic heterocycles. The summed E-state index contributed by atoms with van der Waals surface area (Å²) in [5.41, 5.74) is 1.63. The van der Waals surface area contributed by atoms with Crippen LogP contribution >= 0.6 is 0 Å². The number of carbonyl (C=O) groups excluding carboxylic acids is 4. The van der Waals surface area contributed by atoms with Gasteiger partial charge in [0.25, 0.3) is 5.69 Å².